The average molecular weight is 383 g/mol. The molecule has 0 atom stereocenters. The first-order valence-electron chi connectivity index (χ1n) is 7.91. The first kappa shape index (κ1) is 18.2. The van der Waals surface area contributed by atoms with Gasteiger partial charge in [-0.05, 0) is 18.2 Å². The average Bonchev–Trinajstić information content (AvgIpc) is 3.09. The quantitative estimate of drug-likeness (QED) is 0.615. The van der Waals surface area contributed by atoms with Crippen molar-refractivity contribution in [1.82, 2.24) is 4.98 Å². The lowest BCUT2D eigenvalue weighted by Crippen LogP contribution is -2.14. The summed E-state index contributed by atoms with van der Waals surface area (Å²) in [6.45, 7) is 1.44. The van der Waals surface area contributed by atoms with Gasteiger partial charge in [0.25, 0.3) is 0 Å². The van der Waals surface area contributed by atoms with E-state index in [1.165, 1.54) is 30.0 Å². The van der Waals surface area contributed by atoms with E-state index in [1.54, 1.807) is 24.3 Å². The van der Waals surface area contributed by atoms with Crippen molar-refractivity contribution in [3.63, 3.8) is 0 Å². The maximum absolute atomic E-state index is 12.2. The molecule has 0 unspecified atom stereocenters. The molecule has 0 saturated heterocycles. The van der Waals surface area contributed by atoms with E-state index in [2.05, 4.69) is 15.6 Å². The molecule has 2 aromatic carbocycles. The molecule has 0 spiro atoms. The number of hydrogen-bond acceptors (Lipinski definition) is 5. The number of amides is 2. The summed E-state index contributed by atoms with van der Waals surface area (Å²) in [5, 5.41) is 7.51. The van der Waals surface area contributed by atoms with Crippen molar-refractivity contribution in [3.8, 4) is 11.3 Å². The number of benzene rings is 2. The van der Waals surface area contributed by atoms with Crippen molar-refractivity contribution in [3.05, 3.63) is 60.0 Å². The van der Waals surface area contributed by atoms with Crippen molar-refractivity contribution in [2.24, 2.45) is 0 Å². The number of aromatic nitrogens is 1. The fourth-order valence-electron chi connectivity index (χ4n) is 2.27. The highest BCUT2D eigenvalue weighted by atomic mass is 32.2. The molecule has 0 aliphatic carbocycles. The van der Waals surface area contributed by atoms with Crippen molar-refractivity contribution < 1.29 is 9.59 Å². The number of thiazole rings is 1. The zero-order valence-corrected chi connectivity index (χ0v) is 15.7. The topological polar surface area (TPSA) is 71.1 Å². The maximum atomic E-state index is 12.2. The smallest absolute Gasteiger partial charge is 0.234 e. The summed E-state index contributed by atoms with van der Waals surface area (Å²) in [7, 11) is 0. The molecular weight excluding hydrogens is 366 g/mol. The third kappa shape index (κ3) is 5.18. The summed E-state index contributed by atoms with van der Waals surface area (Å²) in [6.07, 6.45) is 0. The van der Waals surface area contributed by atoms with E-state index in [-0.39, 0.29) is 17.6 Å². The van der Waals surface area contributed by atoms with Crippen molar-refractivity contribution >= 4 is 46.3 Å². The lowest BCUT2D eigenvalue weighted by molar-refractivity contribution is -0.114. The minimum Gasteiger partial charge on any atom is -0.326 e. The normalized spacial score (nSPS) is 10.3. The minimum absolute atomic E-state index is 0.119. The Bertz CT molecular complexity index is 910. The van der Waals surface area contributed by atoms with Gasteiger partial charge in [0.2, 0.25) is 11.8 Å². The van der Waals surface area contributed by atoms with Crippen LogP contribution in [0.1, 0.15) is 6.92 Å². The van der Waals surface area contributed by atoms with Crippen LogP contribution in [-0.4, -0.2) is 22.6 Å². The van der Waals surface area contributed by atoms with Gasteiger partial charge in [0.05, 0.1) is 11.4 Å². The molecule has 5 nitrogen and oxygen atoms in total. The molecule has 3 aromatic rings. The number of nitrogens with zero attached hydrogens (tertiary/aromatic N) is 1. The van der Waals surface area contributed by atoms with E-state index >= 15 is 0 Å². The van der Waals surface area contributed by atoms with Crippen LogP contribution >= 0.6 is 23.1 Å². The van der Waals surface area contributed by atoms with Crippen LogP contribution in [0.15, 0.2) is 64.3 Å². The number of carbonyl (C=O) groups excluding carboxylic acids is 2. The molecule has 0 aliphatic rings. The Morgan fingerprint density at radius 2 is 1.77 bits per heavy atom. The Morgan fingerprint density at radius 1 is 1.04 bits per heavy atom. The van der Waals surface area contributed by atoms with E-state index in [4.69, 9.17) is 0 Å². The number of nitrogens with one attached hydrogen (secondary N) is 2. The van der Waals surface area contributed by atoms with Gasteiger partial charge in [0, 0.05) is 29.2 Å². The fourth-order valence-corrected chi connectivity index (χ4v) is 3.90. The first-order chi connectivity index (χ1) is 12.6. The predicted molar refractivity (Wildman–Crippen MR) is 108 cm³/mol. The SMILES string of the molecule is CC(=O)Nc1cccc(NC(=O)CSc2nc(-c3ccccc3)cs2)c1. The Balaban J connectivity index is 1.55. The van der Waals surface area contributed by atoms with Gasteiger partial charge in [-0.3, -0.25) is 9.59 Å². The molecular formula is C19H17N3O2S2. The summed E-state index contributed by atoms with van der Waals surface area (Å²) in [4.78, 5) is 27.8. The minimum atomic E-state index is -0.151. The first-order valence-corrected chi connectivity index (χ1v) is 9.78. The highest BCUT2D eigenvalue weighted by Gasteiger charge is 2.09. The Hall–Kier alpha value is -2.64. The molecule has 0 fully saturated rings. The van der Waals surface area contributed by atoms with Crippen LogP contribution in [0.2, 0.25) is 0 Å². The third-order valence-electron chi connectivity index (χ3n) is 3.35. The number of anilines is 2. The van der Waals surface area contributed by atoms with Crippen LogP contribution < -0.4 is 10.6 Å². The summed E-state index contributed by atoms with van der Waals surface area (Å²) < 4.78 is 0.853. The van der Waals surface area contributed by atoms with Gasteiger partial charge < -0.3 is 10.6 Å². The van der Waals surface area contributed by atoms with E-state index < -0.39 is 0 Å². The molecule has 0 aliphatic heterocycles. The van der Waals surface area contributed by atoms with Gasteiger partial charge in [-0.15, -0.1) is 11.3 Å². The van der Waals surface area contributed by atoms with Crippen LogP contribution in [0.4, 0.5) is 11.4 Å². The highest BCUT2D eigenvalue weighted by molar-refractivity contribution is 8.01. The molecule has 1 aromatic heterocycles. The number of thioether (sulfide) groups is 1. The van der Waals surface area contributed by atoms with Gasteiger partial charge in [-0.25, -0.2) is 4.98 Å². The van der Waals surface area contributed by atoms with Crippen LogP contribution in [0, 0.1) is 0 Å². The molecule has 0 saturated carbocycles. The molecule has 0 bridgehead atoms. The van der Waals surface area contributed by atoms with E-state index in [9.17, 15) is 9.59 Å². The summed E-state index contributed by atoms with van der Waals surface area (Å²) in [5.74, 6) is 0.00000188. The summed E-state index contributed by atoms with van der Waals surface area (Å²) >= 11 is 2.93. The van der Waals surface area contributed by atoms with E-state index in [0.717, 1.165) is 15.6 Å². The second-order valence-corrected chi connectivity index (χ2v) is 7.54. The Kier molecular flexibility index (Phi) is 6.04. The largest absolute Gasteiger partial charge is 0.326 e. The van der Waals surface area contributed by atoms with E-state index in [0.29, 0.717) is 11.4 Å². The maximum Gasteiger partial charge on any atom is 0.234 e. The molecule has 2 N–H and O–H groups in total. The van der Waals surface area contributed by atoms with Gasteiger partial charge in [-0.2, -0.15) is 0 Å². The van der Waals surface area contributed by atoms with Crippen molar-refractivity contribution in [2.75, 3.05) is 16.4 Å². The van der Waals surface area contributed by atoms with Gasteiger partial charge >= 0.3 is 0 Å². The molecule has 7 heteroatoms. The standard InChI is InChI=1S/C19H17N3O2S2/c1-13(23)20-15-8-5-9-16(10-15)21-18(24)12-26-19-22-17(11-25-19)14-6-3-2-4-7-14/h2-11H,12H2,1H3,(H,20,23)(H,21,24). The molecule has 3 rings (SSSR count). The zero-order chi connectivity index (χ0) is 18.4. The lowest BCUT2D eigenvalue weighted by Gasteiger charge is -2.07. The highest BCUT2D eigenvalue weighted by Crippen LogP contribution is 2.28. The Morgan fingerprint density at radius 3 is 2.50 bits per heavy atom. The number of rotatable bonds is 6. The second kappa shape index (κ2) is 8.64. The molecule has 26 heavy (non-hydrogen) atoms. The third-order valence-corrected chi connectivity index (χ3v) is 5.37. The van der Waals surface area contributed by atoms with Gasteiger partial charge in [0.15, 0.2) is 4.34 Å². The molecule has 1 heterocycles. The summed E-state index contributed by atoms with van der Waals surface area (Å²) in [6, 6.07) is 17.0. The number of carbonyl (C=O) groups is 2. The lowest BCUT2D eigenvalue weighted by atomic mass is 10.2. The molecule has 132 valence electrons. The zero-order valence-electron chi connectivity index (χ0n) is 14.1. The number of hydrogen-bond donors (Lipinski definition) is 2. The van der Waals surface area contributed by atoms with Crippen LogP contribution in [0.25, 0.3) is 11.3 Å². The van der Waals surface area contributed by atoms with Gasteiger partial charge in [0.1, 0.15) is 0 Å². The van der Waals surface area contributed by atoms with Crippen LogP contribution in [-0.2, 0) is 9.59 Å². The van der Waals surface area contributed by atoms with Crippen molar-refractivity contribution in [1.29, 1.82) is 0 Å². The van der Waals surface area contributed by atoms with Crippen LogP contribution in [0.3, 0.4) is 0 Å². The van der Waals surface area contributed by atoms with Crippen molar-refractivity contribution in [2.45, 2.75) is 11.3 Å². The fraction of sp³-hybridized carbons (Fsp3) is 0.105. The van der Waals surface area contributed by atoms with Gasteiger partial charge in [-0.1, -0.05) is 48.2 Å². The molecule has 2 amide bonds. The monoisotopic (exact) mass is 383 g/mol. The Labute approximate surface area is 159 Å². The second-order valence-electron chi connectivity index (χ2n) is 5.46. The summed E-state index contributed by atoms with van der Waals surface area (Å²) in [5.41, 5.74) is 3.28. The molecule has 0 radical (unpaired) electrons. The van der Waals surface area contributed by atoms with Crippen LogP contribution in [0.5, 0.6) is 0 Å². The predicted octanol–water partition coefficient (Wildman–Crippen LogP) is 4.50. The van der Waals surface area contributed by atoms with E-state index in [1.807, 2.05) is 35.7 Å².